The van der Waals surface area contributed by atoms with Gasteiger partial charge in [0, 0.05) is 11.3 Å². The number of thiazole rings is 1. The van der Waals surface area contributed by atoms with Gasteiger partial charge in [0.2, 0.25) is 0 Å². The molecule has 1 saturated carbocycles. The van der Waals surface area contributed by atoms with Crippen LogP contribution in [0.15, 0.2) is 18.2 Å². The number of thiophene rings is 1. The number of hydrogen-bond acceptors (Lipinski definition) is 7. The number of aryl methyl sites for hydroxylation is 2. The van der Waals surface area contributed by atoms with Crippen molar-refractivity contribution in [2.24, 2.45) is 0 Å². The van der Waals surface area contributed by atoms with Crippen LogP contribution in [0.1, 0.15) is 52.4 Å². The summed E-state index contributed by atoms with van der Waals surface area (Å²) < 4.78 is 6.53. The van der Waals surface area contributed by atoms with Gasteiger partial charge in [-0.25, -0.2) is 15.0 Å². The Morgan fingerprint density at radius 2 is 2.03 bits per heavy atom. The number of benzene rings is 1. The Balaban J connectivity index is 1.46. The van der Waals surface area contributed by atoms with Gasteiger partial charge in [0.25, 0.3) is 5.91 Å². The zero-order valence-corrected chi connectivity index (χ0v) is 18.0. The molecule has 1 aliphatic carbocycles. The molecular formula is C21H20N4O2S2. The van der Waals surface area contributed by atoms with Gasteiger partial charge in [-0.1, -0.05) is 11.3 Å². The van der Waals surface area contributed by atoms with Gasteiger partial charge >= 0.3 is 0 Å². The lowest BCUT2D eigenvalue weighted by atomic mass is 10.1. The highest BCUT2D eigenvalue weighted by Crippen LogP contribution is 2.40. The van der Waals surface area contributed by atoms with Crippen molar-refractivity contribution in [3.05, 3.63) is 40.2 Å². The minimum absolute atomic E-state index is 0.151. The SMILES string of the molecule is CCOc1ccc2nc(NC(=O)c3sc4nc(C5CC5)nc(C)c4c3C)sc2c1. The van der Waals surface area contributed by atoms with Gasteiger partial charge in [-0.05, 0) is 57.4 Å². The van der Waals surface area contributed by atoms with Crippen LogP contribution >= 0.6 is 22.7 Å². The van der Waals surface area contributed by atoms with Gasteiger partial charge in [0.1, 0.15) is 16.4 Å². The molecule has 1 fully saturated rings. The van der Waals surface area contributed by atoms with E-state index in [4.69, 9.17) is 9.72 Å². The van der Waals surface area contributed by atoms with E-state index in [0.717, 1.165) is 56.1 Å². The summed E-state index contributed by atoms with van der Waals surface area (Å²) in [5.41, 5.74) is 2.73. The molecule has 4 aromatic rings. The minimum atomic E-state index is -0.151. The van der Waals surface area contributed by atoms with Crippen molar-refractivity contribution in [3.63, 3.8) is 0 Å². The standard InChI is InChI=1S/C21H20N4O2S2/c1-4-27-13-7-8-14-15(9-13)28-21(23-14)25-19(26)17-10(2)16-11(3)22-18(12-5-6-12)24-20(16)29-17/h7-9,12H,4-6H2,1-3H3,(H,23,25,26). The van der Waals surface area contributed by atoms with Gasteiger partial charge < -0.3 is 4.74 Å². The number of hydrogen-bond donors (Lipinski definition) is 1. The van der Waals surface area contributed by atoms with Gasteiger partial charge in [0.15, 0.2) is 5.13 Å². The number of carbonyl (C=O) groups excluding carboxylic acids is 1. The van der Waals surface area contributed by atoms with Gasteiger partial charge in [0.05, 0.1) is 27.4 Å². The Kier molecular flexibility index (Phi) is 4.48. The molecule has 0 radical (unpaired) electrons. The summed E-state index contributed by atoms with van der Waals surface area (Å²) in [6.45, 7) is 6.54. The number of amides is 1. The third-order valence-electron chi connectivity index (χ3n) is 5.03. The van der Waals surface area contributed by atoms with Crippen LogP contribution in [0.4, 0.5) is 5.13 Å². The fraction of sp³-hybridized carbons (Fsp3) is 0.333. The molecule has 6 nitrogen and oxygen atoms in total. The highest BCUT2D eigenvalue weighted by molar-refractivity contribution is 7.23. The minimum Gasteiger partial charge on any atom is -0.494 e. The number of nitrogens with one attached hydrogen (secondary N) is 1. The topological polar surface area (TPSA) is 77.0 Å². The first kappa shape index (κ1) is 18.4. The smallest absolute Gasteiger partial charge is 0.267 e. The first-order valence-corrected chi connectivity index (χ1v) is 11.3. The molecule has 5 rings (SSSR count). The number of nitrogens with zero attached hydrogens (tertiary/aromatic N) is 3. The molecule has 3 aromatic heterocycles. The lowest BCUT2D eigenvalue weighted by Gasteiger charge is -2.02. The van der Waals surface area contributed by atoms with Crippen LogP contribution in [0, 0.1) is 13.8 Å². The molecule has 8 heteroatoms. The Labute approximate surface area is 176 Å². The summed E-state index contributed by atoms with van der Waals surface area (Å²) in [7, 11) is 0. The summed E-state index contributed by atoms with van der Waals surface area (Å²) in [5.74, 6) is 2.06. The van der Waals surface area contributed by atoms with Crippen LogP contribution in [-0.2, 0) is 0 Å². The molecule has 0 spiro atoms. The molecule has 0 atom stereocenters. The molecule has 1 N–H and O–H groups in total. The van der Waals surface area contributed by atoms with Crippen LogP contribution < -0.4 is 10.1 Å². The van der Waals surface area contributed by atoms with Crippen LogP contribution in [0.25, 0.3) is 20.4 Å². The van der Waals surface area contributed by atoms with E-state index in [9.17, 15) is 4.79 Å². The molecular weight excluding hydrogens is 404 g/mol. The number of rotatable bonds is 5. The molecule has 0 unspecified atom stereocenters. The maximum Gasteiger partial charge on any atom is 0.267 e. The number of carbonyl (C=O) groups is 1. The quantitative estimate of drug-likeness (QED) is 0.461. The van der Waals surface area contributed by atoms with Crippen molar-refractivity contribution in [1.29, 1.82) is 0 Å². The second kappa shape index (κ2) is 7.03. The van der Waals surface area contributed by atoms with Gasteiger partial charge in [-0.3, -0.25) is 10.1 Å². The third-order valence-corrected chi connectivity index (χ3v) is 7.15. The zero-order valence-electron chi connectivity index (χ0n) is 16.4. The maximum absolute atomic E-state index is 13.0. The van der Waals surface area contributed by atoms with E-state index in [1.54, 1.807) is 0 Å². The molecule has 1 amide bonds. The Hall–Kier alpha value is -2.58. The van der Waals surface area contributed by atoms with E-state index in [-0.39, 0.29) is 5.91 Å². The van der Waals surface area contributed by atoms with Crippen LogP contribution in [-0.4, -0.2) is 27.5 Å². The second-order valence-corrected chi connectivity index (χ2v) is 9.24. The van der Waals surface area contributed by atoms with Gasteiger partial charge in [-0.15, -0.1) is 11.3 Å². The van der Waals surface area contributed by atoms with Crippen LogP contribution in [0.3, 0.4) is 0 Å². The molecule has 29 heavy (non-hydrogen) atoms. The largest absolute Gasteiger partial charge is 0.494 e. The van der Waals surface area contributed by atoms with Crippen LogP contribution in [0.5, 0.6) is 5.75 Å². The second-order valence-electron chi connectivity index (χ2n) is 7.21. The molecule has 148 valence electrons. The van der Waals surface area contributed by atoms with Crippen molar-refractivity contribution in [2.75, 3.05) is 11.9 Å². The predicted molar refractivity (Wildman–Crippen MR) is 118 cm³/mol. The lowest BCUT2D eigenvalue weighted by molar-refractivity contribution is 0.103. The summed E-state index contributed by atoms with van der Waals surface area (Å²) >= 11 is 2.88. The number of fused-ring (bicyclic) bond motifs is 2. The normalized spacial score (nSPS) is 13.9. The third kappa shape index (κ3) is 3.36. The fourth-order valence-corrected chi connectivity index (χ4v) is 5.49. The average Bonchev–Trinajstić information content (AvgIpc) is 3.38. The highest BCUT2D eigenvalue weighted by Gasteiger charge is 2.28. The fourth-order valence-electron chi connectivity index (χ4n) is 3.47. The predicted octanol–water partition coefficient (Wildman–Crippen LogP) is 5.45. The zero-order chi connectivity index (χ0) is 20.1. The van der Waals surface area contributed by atoms with Gasteiger partial charge in [-0.2, -0.15) is 0 Å². The maximum atomic E-state index is 13.0. The van der Waals surface area contributed by atoms with Crippen molar-refractivity contribution in [3.8, 4) is 5.75 Å². The molecule has 3 heterocycles. The van der Waals surface area contributed by atoms with Crippen molar-refractivity contribution >= 4 is 54.1 Å². The molecule has 0 saturated heterocycles. The van der Waals surface area contributed by atoms with Crippen LogP contribution in [0.2, 0.25) is 0 Å². The van der Waals surface area contributed by atoms with E-state index < -0.39 is 0 Å². The molecule has 1 aromatic carbocycles. The molecule has 0 bridgehead atoms. The lowest BCUT2D eigenvalue weighted by Crippen LogP contribution is -2.11. The first-order valence-electron chi connectivity index (χ1n) is 9.66. The molecule has 1 aliphatic rings. The Morgan fingerprint density at radius 1 is 1.21 bits per heavy atom. The number of aromatic nitrogens is 3. The van der Waals surface area contributed by atoms with Crippen molar-refractivity contribution < 1.29 is 9.53 Å². The van der Waals surface area contributed by atoms with E-state index in [2.05, 4.69) is 15.3 Å². The summed E-state index contributed by atoms with van der Waals surface area (Å²) in [6, 6.07) is 5.76. The van der Waals surface area contributed by atoms with E-state index >= 15 is 0 Å². The van der Waals surface area contributed by atoms with Crippen molar-refractivity contribution in [2.45, 2.75) is 39.5 Å². The summed E-state index contributed by atoms with van der Waals surface area (Å²) in [4.78, 5) is 28.5. The van der Waals surface area contributed by atoms with E-state index in [1.807, 2.05) is 39.0 Å². The van der Waals surface area contributed by atoms with E-state index in [0.29, 0.717) is 22.5 Å². The molecule has 0 aliphatic heterocycles. The monoisotopic (exact) mass is 424 g/mol. The first-order chi connectivity index (χ1) is 14.0. The summed E-state index contributed by atoms with van der Waals surface area (Å²) in [6.07, 6.45) is 2.32. The number of ether oxygens (including phenoxy) is 1. The summed E-state index contributed by atoms with van der Waals surface area (Å²) in [5, 5.41) is 4.54. The Bertz CT molecular complexity index is 1260. The highest BCUT2D eigenvalue weighted by atomic mass is 32.1. The average molecular weight is 425 g/mol. The van der Waals surface area contributed by atoms with E-state index in [1.165, 1.54) is 22.7 Å². The number of anilines is 1. The van der Waals surface area contributed by atoms with Crippen molar-refractivity contribution in [1.82, 2.24) is 15.0 Å². The Morgan fingerprint density at radius 3 is 2.79 bits per heavy atom.